The molecule has 0 aromatic carbocycles. The number of nitrogens with one attached hydrogen (secondary N) is 1. The van der Waals surface area contributed by atoms with Crippen molar-refractivity contribution in [3.8, 4) is 11.3 Å². The van der Waals surface area contributed by atoms with Crippen LogP contribution in [0.3, 0.4) is 0 Å². The van der Waals surface area contributed by atoms with Crippen LogP contribution in [0.4, 0.5) is 13.9 Å². The van der Waals surface area contributed by atoms with E-state index in [4.69, 9.17) is 4.52 Å². The second kappa shape index (κ2) is 4.79. The minimum atomic E-state index is -2.39. The molecule has 4 nitrogen and oxygen atoms in total. The highest BCUT2D eigenvalue weighted by atomic mass is 32.1. The fourth-order valence-corrected chi connectivity index (χ4v) is 2.19. The van der Waals surface area contributed by atoms with Gasteiger partial charge in [-0.05, 0) is 13.8 Å². The lowest BCUT2D eigenvalue weighted by atomic mass is 10.1. The van der Waals surface area contributed by atoms with Crippen molar-refractivity contribution in [2.75, 3.05) is 11.9 Å². The number of alkyl halides is 2. The van der Waals surface area contributed by atoms with E-state index in [-0.39, 0.29) is 0 Å². The summed E-state index contributed by atoms with van der Waals surface area (Å²) in [7, 11) is 0. The second-order valence-electron chi connectivity index (χ2n) is 3.51. The molecule has 0 saturated heterocycles. The highest BCUT2D eigenvalue weighted by Crippen LogP contribution is 2.29. The van der Waals surface area contributed by atoms with Crippen LogP contribution in [0.1, 0.15) is 11.5 Å². The summed E-state index contributed by atoms with van der Waals surface area (Å²) in [4.78, 5) is 4.22. The van der Waals surface area contributed by atoms with Crippen molar-refractivity contribution < 1.29 is 13.3 Å². The molecule has 2 rings (SSSR count). The Balaban J connectivity index is 2.18. The number of aromatic nitrogens is 2. The van der Waals surface area contributed by atoms with E-state index in [1.54, 1.807) is 12.3 Å². The Bertz CT molecular complexity index is 490. The zero-order valence-electron chi connectivity index (χ0n) is 9.33. The first-order valence-corrected chi connectivity index (χ1v) is 5.86. The molecule has 92 valence electrons. The van der Waals surface area contributed by atoms with Crippen molar-refractivity contribution in [1.82, 2.24) is 10.1 Å². The maximum absolute atomic E-state index is 12.0. The Morgan fingerprint density at radius 2 is 2.24 bits per heavy atom. The molecule has 0 spiro atoms. The van der Waals surface area contributed by atoms with E-state index in [9.17, 15) is 8.78 Å². The molecular weight excluding hydrogens is 248 g/mol. The molecule has 0 saturated carbocycles. The fraction of sp³-hybridized carbons (Fsp3) is 0.400. The normalized spacial score (nSPS) is 11.1. The van der Waals surface area contributed by atoms with Gasteiger partial charge in [-0.25, -0.2) is 13.8 Å². The molecular formula is C10H11F2N3OS. The van der Waals surface area contributed by atoms with Gasteiger partial charge < -0.3 is 9.84 Å². The summed E-state index contributed by atoms with van der Waals surface area (Å²) >= 11 is 1.28. The average Bonchev–Trinajstić information content (AvgIpc) is 2.83. The fourth-order valence-electron chi connectivity index (χ4n) is 1.48. The van der Waals surface area contributed by atoms with Crippen molar-refractivity contribution in [2.24, 2.45) is 0 Å². The maximum atomic E-state index is 12.0. The molecule has 0 fully saturated rings. The van der Waals surface area contributed by atoms with Crippen LogP contribution in [0.2, 0.25) is 0 Å². The zero-order chi connectivity index (χ0) is 12.4. The van der Waals surface area contributed by atoms with Crippen LogP contribution in [-0.2, 0) is 0 Å². The van der Waals surface area contributed by atoms with E-state index in [0.29, 0.717) is 16.6 Å². The van der Waals surface area contributed by atoms with Gasteiger partial charge in [0.05, 0.1) is 23.5 Å². The van der Waals surface area contributed by atoms with Gasteiger partial charge in [0.1, 0.15) is 5.76 Å². The van der Waals surface area contributed by atoms with E-state index < -0.39 is 13.0 Å². The number of anilines is 1. The highest BCUT2D eigenvalue weighted by molar-refractivity contribution is 7.14. The van der Waals surface area contributed by atoms with Crippen LogP contribution in [0.25, 0.3) is 11.3 Å². The molecule has 0 unspecified atom stereocenters. The van der Waals surface area contributed by atoms with Crippen LogP contribution < -0.4 is 5.32 Å². The summed E-state index contributed by atoms with van der Waals surface area (Å²) in [6, 6.07) is 0. The van der Waals surface area contributed by atoms with Crippen LogP contribution in [0.15, 0.2) is 9.90 Å². The first-order valence-electron chi connectivity index (χ1n) is 4.98. The number of nitrogens with zero attached hydrogens (tertiary/aromatic N) is 2. The number of hydrogen-bond acceptors (Lipinski definition) is 5. The van der Waals surface area contributed by atoms with Gasteiger partial charge in [0, 0.05) is 5.38 Å². The largest absolute Gasteiger partial charge is 0.361 e. The SMILES string of the molecule is Cc1noc(C)c1-c1csc(NCC(F)F)n1. The van der Waals surface area contributed by atoms with E-state index >= 15 is 0 Å². The zero-order valence-corrected chi connectivity index (χ0v) is 10.1. The molecule has 7 heteroatoms. The number of rotatable bonds is 4. The Hall–Kier alpha value is -1.50. The van der Waals surface area contributed by atoms with Crippen molar-refractivity contribution in [2.45, 2.75) is 20.3 Å². The Morgan fingerprint density at radius 3 is 2.82 bits per heavy atom. The Kier molecular flexibility index (Phi) is 3.37. The van der Waals surface area contributed by atoms with Crippen molar-refractivity contribution in [3.05, 3.63) is 16.8 Å². The maximum Gasteiger partial charge on any atom is 0.255 e. The summed E-state index contributed by atoms with van der Waals surface area (Å²) in [6.07, 6.45) is -2.39. The average molecular weight is 259 g/mol. The summed E-state index contributed by atoms with van der Waals surface area (Å²) in [5.74, 6) is 0.674. The van der Waals surface area contributed by atoms with Gasteiger partial charge in [0.15, 0.2) is 5.13 Å². The molecule has 0 aliphatic carbocycles. The van der Waals surface area contributed by atoms with Crippen molar-refractivity contribution in [3.63, 3.8) is 0 Å². The highest BCUT2D eigenvalue weighted by Gasteiger charge is 2.15. The molecule has 0 amide bonds. The molecule has 0 aliphatic rings. The minimum absolute atomic E-state index is 0.394. The van der Waals surface area contributed by atoms with E-state index in [1.807, 2.05) is 6.92 Å². The van der Waals surface area contributed by atoms with Gasteiger partial charge in [-0.3, -0.25) is 0 Å². The van der Waals surface area contributed by atoms with Gasteiger partial charge in [0.2, 0.25) is 0 Å². The third kappa shape index (κ3) is 2.60. The summed E-state index contributed by atoms with van der Waals surface area (Å²) < 4.78 is 29.1. The predicted octanol–water partition coefficient (Wildman–Crippen LogP) is 3.09. The van der Waals surface area contributed by atoms with Crippen LogP contribution in [0, 0.1) is 13.8 Å². The lowest BCUT2D eigenvalue weighted by molar-refractivity contribution is 0.163. The third-order valence-corrected chi connectivity index (χ3v) is 3.00. The Morgan fingerprint density at radius 1 is 1.47 bits per heavy atom. The lowest BCUT2D eigenvalue weighted by Crippen LogP contribution is -2.09. The van der Waals surface area contributed by atoms with Gasteiger partial charge in [-0.2, -0.15) is 0 Å². The molecule has 2 aromatic rings. The molecule has 0 bridgehead atoms. The standard InChI is InChI=1S/C10H11F2N3OS/c1-5-9(6(2)16-15-5)7-4-17-10(14-7)13-3-8(11)12/h4,8H,3H2,1-2H3,(H,13,14). The smallest absolute Gasteiger partial charge is 0.255 e. The quantitative estimate of drug-likeness (QED) is 0.916. The first kappa shape index (κ1) is 12.0. The van der Waals surface area contributed by atoms with E-state index in [0.717, 1.165) is 11.3 Å². The van der Waals surface area contributed by atoms with Gasteiger partial charge in [-0.1, -0.05) is 5.16 Å². The summed E-state index contributed by atoms with van der Waals surface area (Å²) in [5.41, 5.74) is 2.27. The van der Waals surface area contributed by atoms with Gasteiger partial charge in [-0.15, -0.1) is 11.3 Å². The second-order valence-corrected chi connectivity index (χ2v) is 4.37. The van der Waals surface area contributed by atoms with E-state index in [2.05, 4.69) is 15.5 Å². The summed E-state index contributed by atoms with van der Waals surface area (Å²) in [6.45, 7) is 3.22. The monoisotopic (exact) mass is 259 g/mol. The molecule has 1 N–H and O–H groups in total. The molecule has 2 heterocycles. The lowest BCUT2D eigenvalue weighted by Gasteiger charge is -1.99. The number of halogens is 2. The molecule has 17 heavy (non-hydrogen) atoms. The van der Waals surface area contributed by atoms with Crippen molar-refractivity contribution in [1.29, 1.82) is 0 Å². The van der Waals surface area contributed by atoms with Crippen LogP contribution in [-0.4, -0.2) is 23.1 Å². The van der Waals surface area contributed by atoms with Crippen LogP contribution in [0.5, 0.6) is 0 Å². The topological polar surface area (TPSA) is 51.0 Å². The summed E-state index contributed by atoms with van der Waals surface area (Å²) in [5, 5.41) is 8.66. The first-order chi connectivity index (χ1) is 8.08. The van der Waals surface area contributed by atoms with Crippen LogP contribution >= 0.6 is 11.3 Å². The van der Waals surface area contributed by atoms with E-state index in [1.165, 1.54) is 11.3 Å². The van der Waals surface area contributed by atoms with Crippen molar-refractivity contribution >= 4 is 16.5 Å². The minimum Gasteiger partial charge on any atom is -0.361 e. The molecule has 2 aromatic heterocycles. The third-order valence-electron chi connectivity index (χ3n) is 2.20. The predicted molar refractivity (Wildman–Crippen MR) is 61.6 cm³/mol. The molecule has 0 aliphatic heterocycles. The molecule has 0 atom stereocenters. The number of aryl methyl sites for hydroxylation is 2. The van der Waals surface area contributed by atoms with Gasteiger partial charge >= 0.3 is 0 Å². The molecule has 0 radical (unpaired) electrons. The Labute approximate surface area is 101 Å². The number of thiazole rings is 1. The number of hydrogen-bond donors (Lipinski definition) is 1. The van der Waals surface area contributed by atoms with Gasteiger partial charge in [0.25, 0.3) is 6.43 Å².